The molecule has 0 unspecified atom stereocenters. The van der Waals surface area contributed by atoms with Crippen molar-refractivity contribution in [2.45, 2.75) is 26.5 Å². The van der Waals surface area contributed by atoms with Crippen molar-refractivity contribution in [2.75, 3.05) is 0 Å². The van der Waals surface area contributed by atoms with Gasteiger partial charge in [0.2, 0.25) is 0 Å². The van der Waals surface area contributed by atoms with Crippen LogP contribution in [0.5, 0.6) is 5.75 Å². The van der Waals surface area contributed by atoms with Crippen LogP contribution in [0.15, 0.2) is 114 Å². The first-order valence-corrected chi connectivity index (χ1v) is 12.9. The summed E-state index contributed by atoms with van der Waals surface area (Å²) in [5.74, 6) is 0.365. The van der Waals surface area contributed by atoms with Gasteiger partial charge < -0.3 is 4.74 Å². The summed E-state index contributed by atoms with van der Waals surface area (Å²) in [6.45, 7) is 2.77. The minimum Gasteiger partial charge on any atom is -0.488 e. The molecule has 4 nitrogen and oxygen atoms in total. The lowest BCUT2D eigenvalue weighted by atomic mass is 9.97. The number of ether oxygens (including phenoxy) is 1. The number of halogens is 1. The molecule has 0 aliphatic carbocycles. The molecule has 0 aliphatic rings. The molecular formula is C34H29FN2O2. The molecule has 5 heteroatoms. The molecule has 5 aromatic rings. The maximum Gasteiger partial charge on any atom is 0.274 e. The predicted molar refractivity (Wildman–Crippen MR) is 155 cm³/mol. The SMILES string of the molecule is Cc1nn(CCc2ccccc2)c(=O)c(C=Cc2ccc(F)cc2)c1-c1ccccc1OCc1ccccc1. The Bertz CT molecular complexity index is 1630. The molecule has 0 bridgehead atoms. The molecule has 1 heterocycles. The highest BCUT2D eigenvalue weighted by Gasteiger charge is 2.18. The van der Waals surface area contributed by atoms with Gasteiger partial charge in [-0.25, -0.2) is 9.07 Å². The Morgan fingerprint density at radius 1 is 0.795 bits per heavy atom. The maximum absolute atomic E-state index is 13.9. The Balaban J connectivity index is 1.56. The van der Waals surface area contributed by atoms with Crippen molar-refractivity contribution in [3.05, 3.63) is 153 Å². The molecule has 0 fully saturated rings. The molecule has 5 rings (SSSR count). The summed E-state index contributed by atoms with van der Waals surface area (Å²) in [5, 5.41) is 4.72. The van der Waals surface area contributed by atoms with Crippen molar-refractivity contribution in [1.82, 2.24) is 9.78 Å². The van der Waals surface area contributed by atoms with Crippen molar-refractivity contribution in [3.8, 4) is 16.9 Å². The number of aromatic nitrogens is 2. The van der Waals surface area contributed by atoms with Crippen molar-refractivity contribution in [2.24, 2.45) is 0 Å². The summed E-state index contributed by atoms with van der Waals surface area (Å²) in [6, 6.07) is 33.9. The molecular weight excluding hydrogens is 487 g/mol. The second-order valence-corrected chi connectivity index (χ2v) is 9.29. The maximum atomic E-state index is 13.9. The molecule has 0 amide bonds. The molecule has 1 aromatic heterocycles. The quantitative estimate of drug-likeness (QED) is 0.206. The number of benzene rings is 4. The van der Waals surface area contributed by atoms with E-state index in [2.05, 4.69) is 0 Å². The highest BCUT2D eigenvalue weighted by Crippen LogP contribution is 2.34. The fourth-order valence-electron chi connectivity index (χ4n) is 4.53. The van der Waals surface area contributed by atoms with E-state index in [-0.39, 0.29) is 11.4 Å². The number of nitrogens with zero attached hydrogens (tertiary/aromatic N) is 2. The molecule has 0 aliphatic heterocycles. The summed E-state index contributed by atoms with van der Waals surface area (Å²) in [6.07, 6.45) is 4.31. The summed E-state index contributed by atoms with van der Waals surface area (Å²) < 4.78 is 21.2. The topological polar surface area (TPSA) is 44.1 Å². The largest absolute Gasteiger partial charge is 0.488 e. The summed E-state index contributed by atoms with van der Waals surface area (Å²) in [4.78, 5) is 13.9. The third kappa shape index (κ3) is 6.39. The van der Waals surface area contributed by atoms with E-state index >= 15 is 0 Å². The molecule has 4 aromatic carbocycles. The van der Waals surface area contributed by atoms with E-state index in [1.807, 2.05) is 97.9 Å². The third-order valence-corrected chi connectivity index (χ3v) is 6.53. The van der Waals surface area contributed by atoms with Crippen LogP contribution < -0.4 is 10.3 Å². The highest BCUT2D eigenvalue weighted by molar-refractivity contribution is 5.84. The van der Waals surface area contributed by atoms with Gasteiger partial charge in [-0.1, -0.05) is 97.1 Å². The number of hydrogen-bond donors (Lipinski definition) is 0. The van der Waals surface area contributed by atoms with Crippen LogP contribution in [0.3, 0.4) is 0 Å². The molecule has 0 saturated heterocycles. The molecule has 0 atom stereocenters. The van der Waals surface area contributed by atoms with Crippen LogP contribution in [-0.2, 0) is 19.6 Å². The lowest BCUT2D eigenvalue weighted by Gasteiger charge is -2.17. The number of aryl methyl sites for hydroxylation is 3. The zero-order chi connectivity index (χ0) is 27.0. The van der Waals surface area contributed by atoms with Gasteiger partial charge in [-0.15, -0.1) is 0 Å². The van der Waals surface area contributed by atoms with Crippen molar-refractivity contribution < 1.29 is 9.13 Å². The van der Waals surface area contributed by atoms with Gasteiger partial charge in [-0.3, -0.25) is 4.79 Å². The van der Waals surface area contributed by atoms with E-state index in [0.717, 1.165) is 33.5 Å². The minimum atomic E-state index is -0.305. The van der Waals surface area contributed by atoms with Crippen molar-refractivity contribution in [1.29, 1.82) is 0 Å². The Hall–Kier alpha value is -4.77. The lowest BCUT2D eigenvalue weighted by Crippen LogP contribution is -2.27. The van der Waals surface area contributed by atoms with E-state index in [0.29, 0.717) is 30.9 Å². The molecule has 194 valence electrons. The molecule has 39 heavy (non-hydrogen) atoms. The van der Waals surface area contributed by atoms with Crippen LogP contribution in [0.1, 0.15) is 27.9 Å². The molecule has 0 saturated carbocycles. The lowest BCUT2D eigenvalue weighted by molar-refractivity contribution is 0.307. The monoisotopic (exact) mass is 516 g/mol. The van der Waals surface area contributed by atoms with Crippen LogP contribution in [-0.4, -0.2) is 9.78 Å². The second kappa shape index (κ2) is 12.2. The predicted octanol–water partition coefficient (Wildman–Crippen LogP) is 7.35. The fourth-order valence-corrected chi connectivity index (χ4v) is 4.53. The van der Waals surface area contributed by atoms with Gasteiger partial charge in [-0.2, -0.15) is 5.10 Å². The van der Waals surface area contributed by atoms with E-state index in [9.17, 15) is 9.18 Å². The van der Waals surface area contributed by atoms with Gasteiger partial charge in [0.25, 0.3) is 5.56 Å². The summed E-state index contributed by atoms with van der Waals surface area (Å²) >= 11 is 0. The van der Waals surface area contributed by atoms with Gasteiger partial charge in [0.1, 0.15) is 18.2 Å². The molecule has 0 radical (unpaired) electrons. The summed E-state index contributed by atoms with van der Waals surface area (Å²) in [5.41, 5.74) is 5.53. The van der Waals surface area contributed by atoms with Crippen LogP contribution in [0.4, 0.5) is 4.39 Å². The standard InChI is InChI=1S/C34H29FN2O2/c1-25-33(30-14-8-9-15-32(30)39-24-28-12-6-3-7-13-28)31(21-18-27-16-19-29(35)20-17-27)34(38)37(36-25)23-22-26-10-4-2-5-11-26/h2-21H,22-24H2,1H3. The fraction of sp³-hybridized carbons (Fsp3) is 0.118. The zero-order valence-electron chi connectivity index (χ0n) is 21.8. The smallest absolute Gasteiger partial charge is 0.274 e. The first-order chi connectivity index (χ1) is 19.1. The third-order valence-electron chi connectivity index (χ3n) is 6.53. The van der Waals surface area contributed by atoms with Crippen molar-refractivity contribution in [3.63, 3.8) is 0 Å². The van der Waals surface area contributed by atoms with Crippen LogP contribution in [0.25, 0.3) is 23.3 Å². The average molecular weight is 517 g/mol. The van der Waals surface area contributed by atoms with Gasteiger partial charge >= 0.3 is 0 Å². The molecule has 0 N–H and O–H groups in total. The van der Waals surface area contributed by atoms with Crippen LogP contribution in [0.2, 0.25) is 0 Å². The summed E-state index contributed by atoms with van der Waals surface area (Å²) in [7, 11) is 0. The van der Waals surface area contributed by atoms with E-state index in [1.165, 1.54) is 16.8 Å². The van der Waals surface area contributed by atoms with Gasteiger partial charge in [0.05, 0.1) is 11.3 Å². The van der Waals surface area contributed by atoms with E-state index < -0.39 is 0 Å². The number of hydrogen-bond acceptors (Lipinski definition) is 3. The highest BCUT2D eigenvalue weighted by atomic mass is 19.1. The Kier molecular flexibility index (Phi) is 8.08. The van der Waals surface area contributed by atoms with Gasteiger partial charge in [0, 0.05) is 17.7 Å². The van der Waals surface area contributed by atoms with E-state index in [1.54, 1.807) is 18.2 Å². The van der Waals surface area contributed by atoms with E-state index in [4.69, 9.17) is 9.84 Å². The van der Waals surface area contributed by atoms with Crippen LogP contribution >= 0.6 is 0 Å². The second-order valence-electron chi connectivity index (χ2n) is 9.29. The zero-order valence-corrected chi connectivity index (χ0v) is 21.8. The van der Waals surface area contributed by atoms with Gasteiger partial charge in [-0.05, 0) is 54.3 Å². The Morgan fingerprint density at radius 2 is 1.44 bits per heavy atom. The molecule has 0 spiro atoms. The number of rotatable bonds is 9. The van der Waals surface area contributed by atoms with Crippen LogP contribution in [0, 0.1) is 12.7 Å². The number of para-hydroxylation sites is 1. The average Bonchev–Trinajstić information content (AvgIpc) is 2.97. The Labute approximate surface area is 227 Å². The van der Waals surface area contributed by atoms with Crippen molar-refractivity contribution >= 4 is 12.2 Å². The first kappa shape index (κ1) is 25.9. The first-order valence-electron chi connectivity index (χ1n) is 12.9. The normalized spacial score (nSPS) is 11.1. The Morgan fingerprint density at radius 3 is 2.15 bits per heavy atom. The minimum absolute atomic E-state index is 0.192. The van der Waals surface area contributed by atoms with Gasteiger partial charge in [0.15, 0.2) is 0 Å².